The SMILES string of the molecule is Nc1ccc(NC(=O)C(F)(F)C(F)F)c(F)c1. The number of nitrogen functional groups attached to an aromatic ring is 1. The maximum atomic E-state index is 13.1. The summed E-state index contributed by atoms with van der Waals surface area (Å²) in [5.41, 5.74) is 4.52. The molecule has 1 aromatic carbocycles. The fraction of sp³-hybridized carbons (Fsp3) is 0.222. The Balaban J connectivity index is 2.89. The molecule has 17 heavy (non-hydrogen) atoms. The summed E-state index contributed by atoms with van der Waals surface area (Å²) in [5.74, 6) is -8.26. The Morgan fingerprint density at radius 1 is 1.35 bits per heavy atom. The minimum atomic E-state index is -4.88. The maximum Gasteiger partial charge on any atom is 0.383 e. The summed E-state index contributed by atoms with van der Waals surface area (Å²) in [6.07, 6.45) is -4.17. The Hall–Kier alpha value is -1.86. The second-order valence-corrected chi connectivity index (χ2v) is 3.12. The van der Waals surface area contributed by atoms with Gasteiger partial charge in [-0.2, -0.15) is 8.78 Å². The van der Waals surface area contributed by atoms with Gasteiger partial charge in [-0.25, -0.2) is 13.2 Å². The third-order valence-corrected chi connectivity index (χ3v) is 1.82. The molecule has 0 unspecified atom stereocenters. The molecule has 0 spiro atoms. The fourth-order valence-electron chi connectivity index (χ4n) is 0.937. The Kier molecular flexibility index (Phi) is 3.54. The number of anilines is 2. The van der Waals surface area contributed by atoms with Crippen molar-refractivity contribution in [2.24, 2.45) is 0 Å². The predicted octanol–water partition coefficient (Wildman–Crippen LogP) is 2.25. The van der Waals surface area contributed by atoms with E-state index in [1.807, 2.05) is 0 Å². The first-order valence-corrected chi connectivity index (χ1v) is 4.27. The van der Waals surface area contributed by atoms with Gasteiger partial charge in [-0.15, -0.1) is 0 Å². The number of benzene rings is 1. The summed E-state index contributed by atoms with van der Waals surface area (Å²) < 4.78 is 61.7. The Labute approximate surface area is 92.4 Å². The number of rotatable bonds is 3. The highest BCUT2D eigenvalue weighted by Crippen LogP contribution is 2.26. The van der Waals surface area contributed by atoms with Crippen LogP contribution in [-0.2, 0) is 4.79 Å². The van der Waals surface area contributed by atoms with E-state index in [4.69, 9.17) is 5.73 Å². The van der Waals surface area contributed by atoms with Crippen LogP contribution in [0.25, 0.3) is 0 Å². The largest absolute Gasteiger partial charge is 0.399 e. The molecule has 1 aromatic rings. The number of alkyl halides is 4. The van der Waals surface area contributed by atoms with E-state index in [1.165, 1.54) is 5.32 Å². The van der Waals surface area contributed by atoms with Gasteiger partial charge in [0.2, 0.25) is 0 Å². The summed E-state index contributed by atoms with van der Waals surface area (Å²) in [7, 11) is 0. The van der Waals surface area contributed by atoms with Crippen LogP contribution in [-0.4, -0.2) is 18.3 Å². The number of amides is 1. The lowest BCUT2D eigenvalue weighted by Crippen LogP contribution is -2.41. The van der Waals surface area contributed by atoms with E-state index in [0.717, 1.165) is 18.2 Å². The van der Waals surface area contributed by atoms with Gasteiger partial charge in [0.25, 0.3) is 0 Å². The van der Waals surface area contributed by atoms with E-state index in [2.05, 4.69) is 0 Å². The van der Waals surface area contributed by atoms with E-state index in [0.29, 0.717) is 0 Å². The van der Waals surface area contributed by atoms with Crippen molar-refractivity contribution in [2.45, 2.75) is 12.3 Å². The number of carbonyl (C=O) groups excluding carboxylic acids is 1. The molecule has 0 saturated heterocycles. The molecule has 3 N–H and O–H groups in total. The first kappa shape index (κ1) is 13.2. The van der Waals surface area contributed by atoms with Crippen LogP contribution in [0.1, 0.15) is 0 Å². The zero-order chi connectivity index (χ0) is 13.2. The van der Waals surface area contributed by atoms with Crippen molar-refractivity contribution in [3.8, 4) is 0 Å². The molecule has 0 heterocycles. The molecule has 94 valence electrons. The number of carbonyl (C=O) groups is 1. The number of nitrogens with two attached hydrogens (primary N) is 1. The number of hydrogen-bond acceptors (Lipinski definition) is 2. The van der Waals surface area contributed by atoms with Crippen LogP contribution in [0.4, 0.5) is 33.3 Å². The first-order chi connectivity index (χ1) is 7.75. The van der Waals surface area contributed by atoms with E-state index < -0.39 is 29.8 Å². The molecule has 0 aliphatic carbocycles. The lowest BCUT2D eigenvalue weighted by Gasteiger charge is -2.15. The van der Waals surface area contributed by atoms with Crippen molar-refractivity contribution in [1.29, 1.82) is 0 Å². The monoisotopic (exact) mass is 254 g/mol. The van der Waals surface area contributed by atoms with Crippen molar-refractivity contribution in [2.75, 3.05) is 11.1 Å². The van der Waals surface area contributed by atoms with Crippen molar-refractivity contribution >= 4 is 17.3 Å². The topological polar surface area (TPSA) is 55.1 Å². The van der Waals surface area contributed by atoms with Crippen LogP contribution in [0, 0.1) is 5.82 Å². The minimum Gasteiger partial charge on any atom is -0.399 e. The molecule has 0 atom stereocenters. The third kappa shape index (κ3) is 2.83. The number of hydrogen-bond donors (Lipinski definition) is 2. The predicted molar refractivity (Wildman–Crippen MR) is 50.4 cm³/mol. The van der Waals surface area contributed by atoms with E-state index in [-0.39, 0.29) is 5.69 Å². The Bertz CT molecular complexity index is 435. The molecular weight excluding hydrogens is 247 g/mol. The van der Waals surface area contributed by atoms with Crippen molar-refractivity contribution in [3.05, 3.63) is 24.0 Å². The van der Waals surface area contributed by atoms with Crippen LogP contribution >= 0.6 is 0 Å². The second-order valence-electron chi connectivity index (χ2n) is 3.12. The molecule has 0 saturated carbocycles. The summed E-state index contributed by atoms with van der Waals surface area (Å²) in [5, 5.41) is 1.36. The average Bonchev–Trinajstić information content (AvgIpc) is 2.21. The van der Waals surface area contributed by atoms with Gasteiger partial charge in [-0.05, 0) is 18.2 Å². The molecule has 8 heteroatoms. The Morgan fingerprint density at radius 3 is 2.41 bits per heavy atom. The molecule has 0 aliphatic rings. The first-order valence-electron chi connectivity index (χ1n) is 4.27. The molecule has 0 fully saturated rings. The molecule has 0 bridgehead atoms. The maximum absolute atomic E-state index is 13.1. The van der Waals surface area contributed by atoms with E-state index in [9.17, 15) is 26.7 Å². The van der Waals surface area contributed by atoms with E-state index in [1.54, 1.807) is 0 Å². The second kappa shape index (κ2) is 4.56. The van der Waals surface area contributed by atoms with Crippen LogP contribution < -0.4 is 11.1 Å². The zero-order valence-corrected chi connectivity index (χ0v) is 8.18. The van der Waals surface area contributed by atoms with Crippen molar-refractivity contribution in [1.82, 2.24) is 0 Å². The molecule has 0 aliphatic heterocycles. The lowest BCUT2D eigenvalue weighted by molar-refractivity contribution is -0.163. The normalized spacial score (nSPS) is 11.6. The smallest absolute Gasteiger partial charge is 0.383 e. The number of halogens is 5. The van der Waals surface area contributed by atoms with Gasteiger partial charge in [-0.3, -0.25) is 4.79 Å². The van der Waals surface area contributed by atoms with Gasteiger partial charge in [0.05, 0.1) is 5.69 Å². The highest BCUT2D eigenvalue weighted by molar-refractivity contribution is 5.96. The lowest BCUT2D eigenvalue weighted by atomic mass is 10.2. The summed E-state index contributed by atoms with van der Waals surface area (Å²) in [6, 6.07) is 2.78. The molecule has 0 aromatic heterocycles. The van der Waals surface area contributed by atoms with Gasteiger partial charge in [0.1, 0.15) is 5.82 Å². The van der Waals surface area contributed by atoms with Gasteiger partial charge in [0, 0.05) is 5.69 Å². The van der Waals surface area contributed by atoms with Crippen molar-refractivity contribution < 1.29 is 26.7 Å². The highest BCUT2D eigenvalue weighted by Gasteiger charge is 2.49. The molecule has 1 rings (SSSR count). The van der Waals surface area contributed by atoms with Crippen LogP contribution in [0.15, 0.2) is 18.2 Å². The van der Waals surface area contributed by atoms with Crippen LogP contribution in [0.2, 0.25) is 0 Å². The van der Waals surface area contributed by atoms with Gasteiger partial charge in [-0.1, -0.05) is 0 Å². The fourth-order valence-corrected chi connectivity index (χ4v) is 0.937. The molecular formula is C9H7F5N2O. The number of nitrogens with one attached hydrogen (secondary N) is 1. The van der Waals surface area contributed by atoms with Gasteiger partial charge in [0.15, 0.2) is 0 Å². The standard InChI is InChI=1S/C9H7F5N2O/c10-5-3-4(15)1-2-6(5)16-8(17)9(13,14)7(11)12/h1-3,7H,15H2,(H,16,17). The zero-order valence-electron chi connectivity index (χ0n) is 8.18. The Morgan fingerprint density at radius 2 is 1.94 bits per heavy atom. The highest BCUT2D eigenvalue weighted by atomic mass is 19.3. The summed E-state index contributed by atoms with van der Waals surface area (Å²) >= 11 is 0. The van der Waals surface area contributed by atoms with Gasteiger partial charge < -0.3 is 11.1 Å². The molecule has 0 radical (unpaired) electrons. The quantitative estimate of drug-likeness (QED) is 0.642. The van der Waals surface area contributed by atoms with E-state index >= 15 is 0 Å². The molecule has 3 nitrogen and oxygen atoms in total. The minimum absolute atomic E-state index is 0.00104. The average molecular weight is 254 g/mol. The molecule has 1 amide bonds. The van der Waals surface area contributed by atoms with Crippen LogP contribution in [0.5, 0.6) is 0 Å². The van der Waals surface area contributed by atoms with Gasteiger partial charge >= 0.3 is 18.3 Å². The summed E-state index contributed by atoms with van der Waals surface area (Å²) in [4.78, 5) is 10.8. The summed E-state index contributed by atoms with van der Waals surface area (Å²) in [6.45, 7) is 0. The van der Waals surface area contributed by atoms with Crippen LogP contribution in [0.3, 0.4) is 0 Å². The van der Waals surface area contributed by atoms with Crippen molar-refractivity contribution in [3.63, 3.8) is 0 Å². The third-order valence-electron chi connectivity index (χ3n) is 1.82.